The standard InChI is InChI=1S/C13H18BrNO2S/c1-10-7-8-15(9-12(10)14)18(16,17)13-6-4-3-5-11(13)2/h3-6,10,12H,7-9H2,1-2H3. The van der Waals surface area contributed by atoms with Crippen molar-refractivity contribution in [2.24, 2.45) is 5.92 Å². The van der Waals surface area contributed by atoms with Gasteiger partial charge in [0.15, 0.2) is 0 Å². The third-order valence-electron chi connectivity index (χ3n) is 3.54. The molecule has 1 aromatic carbocycles. The molecule has 0 N–H and O–H groups in total. The number of benzene rings is 1. The predicted octanol–water partition coefficient (Wildman–Crippen LogP) is 2.79. The second kappa shape index (κ2) is 5.31. The Morgan fingerprint density at radius 2 is 2.00 bits per heavy atom. The van der Waals surface area contributed by atoms with Crippen molar-refractivity contribution in [3.63, 3.8) is 0 Å². The van der Waals surface area contributed by atoms with Gasteiger partial charge in [-0.15, -0.1) is 0 Å². The molecule has 0 amide bonds. The van der Waals surface area contributed by atoms with E-state index in [-0.39, 0.29) is 4.83 Å². The van der Waals surface area contributed by atoms with Crippen LogP contribution in [0.3, 0.4) is 0 Å². The maximum atomic E-state index is 12.6. The molecule has 1 aliphatic rings. The number of piperidine rings is 1. The van der Waals surface area contributed by atoms with Gasteiger partial charge >= 0.3 is 0 Å². The maximum absolute atomic E-state index is 12.6. The minimum atomic E-state index is -3.35. The van der Waals surface area contributed by atoms with Gasteiger partial charge in [0, 0.05) is 17.9 Å². The van der Waals surface area contributed by atoms with E-state index in [1.54, 1.807) is 16.4 Å². The molecule has 0 saturated carbocycles. The molecule has 18 heavy (non-hydrogen) atoms. The van der Waals surface area contributed by atoms with Crippen LogP contribution in [0.4, 0.5) is 0 Å². The van der Waals surface area contributed by atoms with Crippen LogP contribution >= 0.6 is 15.9 Å². The smallest absolute Gasteiger partial charge is 0.207 e. The average molecular weight is 332 g/mol. The van der Waals surface area contributed by atoms with Crippen molar-refractivity contribution in [2.45, 2.75) is 30.0 Å². The molecule has 0 radical (unpaired) electrons. The molecule has 5 heteroatoms. The zero-order chi connectivity index (χ0) is 13.3. The molecule has 1 aliphatic heterocycles. The molecule has 0 aromatic heterocycles. The van der Waals surface area contributed by atoms with Gasteiger partial charge < -0.3 is 0 Å². The van der Waals surface area contributed by atoms with Crippen LogP contribution in [0.25, 0.3) is 0 Å². The van der Waals surface area contributed by atoms with Crippen molar-refractivity contribution < 1.29 is 8.42 Å². The first-order chi connectivity index (χ1) is 8.43. The van der Waals surface area contributed by atoms with Gasteiger partial charge in [-0.1, -0.05) is 41.1 Å². The molecule has 2 atom stereocenters. The summed E-state index contributed by atoms with van der Waals surface area (Å²) in [5.41, 5.74) is 0.808. The summed E-state index contributed by atoms with van der Waals surface area (Å²) in [6.07, 6.45) is 0.904. The number of halogens is 1. The highest BCUT2D eigenvalue weighted by atomic mass is 79.9. The monoisotopic (exact) mass is 331 g/mol. The van der Waals surface area contributed by atoms with E-state index in [1.165, 1.54) is 0 Å². The van der Waals surface area contributed by atoms with E-state index in [4.69, 9.17) is 0 Å². The van der Waals surface area contributed by atoms with E-state index in [2.05, 4.69) is 22.9 Å². The van der Waals surface area contributed by atoms with Crippen LogP contribution in [0.1, 0.15) is 18.9 Å². The van der Waals surface area contributed by atoms with Crippen molar-refractivity contribution in [3.05, 3.63) is 29.8 Å². The van der Waals surface area contributed by atoms with E-state index in [0.29, 0.717) is 23.9 Å². The van der Waals surface area contributed by atoms with E-state index in [9.17, 15) is 8.42 Å². The summed E-state index contributed by atoms with van der Waals surface area (Å²) in [6.45, 7) is 5.15. The van der Waals surface area contributed by atoms with Crippen LogP contribution < -0.4 is 0 Å². The quantitative estimate of drug-likeness (QED) is 0.781. The van der Waals surface area contributed by atoms with Crippen LogP contribution in [0.2, 0.25) is 0 Å². The lowest BCUT2D eigenvalue weighted by Gasteiger charge is -2.33. The SMILES string of the molecule is Cc1ccccc1S(=O)(=O)N1CCC(C)C(Br)C1. The fourth-order valence-corrected chi connectivity index (χ4v) is 4.71. The van der Waals surface area contributed by atoms with Crippen LogP contribution in [0.15, 0.2) is 29.2 Å². The van der Waals surface area contributed by atoms with Crippen molar-refractivity contribution >= 4 is 26.0 Å². The fourth-order valence-electron chi connectivity index (χ4n) is 2.20. The number of alkyl halides is 1. The number of nitrogens with zero attached hydrogens (tertiary/aromatic N) is 1. The first-order valence-corrected chi connectivity index (χ1v) is 8.48. The van der Waals surface area contributed by atoms with Gasteiger partial charge in [-0.3, -0.25) is 0 Å². The minimum Gasteiger partial charge on any atom is -0.207 e. The summed E-state index contributed by atoms with van der Waals surface area (Å²) in [7, 11) is -3.35. The lowest BCUT2D eigenvalue weighted by Crippen LogP contribution is -2.43. The second-order valence-electron chi connectivity index (χ2n) is 4.91. The molecule has 1 saturated heterocycles. The molecule has 1 aromatic rings. The Kier molecular flexibility index (Phi) is 4.14. The number of sulfonamides is 1. The van der Waals surface area contributed by atoms with E-state index in [1.807, 2.05) is 19.1 Å². The topological polar surface area (TPSA) is 37.4 Å². The summed E-state index contributed by atoms with van der Waals surface area (Å²) in [5.74, 6) is 0.522. The Bertz CT molecular complexity index is 530. The summed E-state index contributed by atoms with van der Waals surface area (Å²) in [5, 5.41) is 0. The van der Waals surface area contributed by atoms with Gasteiger partial charge in [-0.2, -0.15) is 4.31 Å². The Hall–Kier alpha value is -0.390. The molecule has 3 nitrogen and oxygen atoms in total. The van der Waals surface area contributed by atoms with Gasteiger partial charge in [-0.25, -0.2) is 8.42 Å². The predicted molar refractivity (Wildman–Crippen MR) is 76.4 cm³/mol. The normalized spacial score (nSPS) is 26.2. The number of aryl methyl sites for hydroxylation is 1. The molecule has 2 rings (SSSR count). The molecule has 0 aliphatic carbocycles. The van der Waals surface area contributed by atoms with Crippen LogP contribution in [-0.4, -0.2) is 30.6 Å². The van der Waals surface area contributed by atoms with Crippen molar-refractivity contribution in [3.8, 4) is 0 Å². The molecule has 100 valence electrons. The van der Waals surface area contributed by atoms with Gasteiger partial charge in [0.05, 0.1) is 4.90 Å². The third kappa shape index (κ3) is 2.63. The molecule has 0 bridgehead atoms. The first kappa shape index (κ1) is 14.0. The van der Waals surface area contributed by atoms with Crippen LogP contribution in [-0.2, 0) is 10.0 Å². The highest BCUT2D eigenvalue weighted by Crippen LogP contribution is 2.28. The summed E-state index contributed by atoms with van der Waals surface area (Å²) in [6, 6.07) is 7.16. The van der Waals surface area contributed by atoms with Gasteiger partial charge in [0.2, 0.25) is 10.0 Å². The van der Waals surface area contributed by atoms with Crippen molar-refractivity contribution in [1.29, 1.82) is 0 Å². The zero-order valence-electron chi connectivity index (χ0n) is 10.6. The van der Waals surface area contributed by atoms with Crippen LogP contribution in [0.5, 0.6) is 0 Å². The molecule has 1 fully saturated rings. The Balaban J connectivity index is 2.30. The molecular weight excluding hydrogens is 314 g/mol. The summed E-state index contributed by atoms with van der Waals surface area (Å²) >= 11 is 3.57. The lowest BCUT2D eigenvalue weighted by molar-refractivity contribution is 0.300. The molecule has 1 heterocycles. The highest BCUT2D eigenvalue weighted by molar-refractivity contribution is 9.09. The lowest BCUT2D eigenvalue weighted by atomic mass is 10.0. The minimum absolute atomic E-state index is 0.241. The van der Waals surface area contributed by atoms with Gasteiger partial charge in [0.25, 0.3) is 0 Å². The van der Waals surface area contributed by atoms with Gasteiger partial charge in [-0.05, 0) is 30.9 Å². The average Bonchev–Trinajstić information content (AvgIpc) is 2.33. The molecular formula is C13H18BrNO2S. The highest BCUT2D eigenvalue weighted by Gasteiger charge is 2.33. The fraction of sp³-hybridized carbons (Fsp3) is 0.538. The van der Waals surface area contributed by atoms with Crippen molar-refractivity contribution in [2.75, 3.05) is 13.1 Å². The first-order valence-electron chi connectivity index (χ1n) is 6.13. The largest absolute Gasteiger partial charge is 0.243 e. The van der Waals surface area contributed by atoms with Crippen LogP contribution in [0, 0.1) is 12.8 Å². The number of rotatable bonds is 2. The van der Waals surface area contributed by atoms with E-state index in [0.717, 1.165) is 12.0 Å². The Labute approximate surface area is 117 Å². The molecule has 0 spiro atoms. The number of hydrogen-bond donors (Lipinski definition) is 0. The summed E-state index contributed by atoms with van der Waals surface area (Å²) in [4.78, 5) is 0.671. The Morgan fingerprint density at radius 3 is 2.61 bits per heavy atom. The van der Waals surface area contributed by atoms with Crippen molar-refractivity contribution in [1.82, 2.24) is 4.31 Å². The number of hydrogen-bond acceptors (Lipinski definition) is 2. The third-order valence-corrected chi connectivity index (χ3v) is 6.76. The van der Waals surface area contributed by atoms with E-state index >= 15 is 0 Å². The second-order valence-corrected chi connectivity index (χ2v) is 7.99. The molecule has 2 unspecified atom stereocenters. The van der Waals surface area contributed by atoms with E-state index < -0.39 is 10.0 Å². The van der Waals surface area contributed by atoms with Gasteiger partial charge in [0.1, 0.15) is 0 Å². The maximum Gasteiger partial charge on any atom is 0.243 e. The summed E-state index contributed by atoms with van der Waals surface area (Å²) < 4.78 is 26.7. The zero-order valence-corrected chi connectivity index (χ0v) is 13.0. The Morgan fingerprint density at radius 1 is 1.33 bits per heavy atom.